The first-order valence-corrected chi connectivity index (χ1v) is 6.37. The minimum Gasteiger partial charge on any atom is -0.393 e. The molecule has 0 aliphatic heterocycles. The average molecular weight is 276 g/mol. The maximum atomic E-state index is 9.70. The van der Waals surface area contributed by atoms with Crippen LogP contribution in [-0.2, 0) is 0 Å². The van der Waals surface area contributed by atoms with Crippen molar-refractivity contribution in [3.8, 4) is 0 Å². The molecule has 94 valence electrons. The van der Waals surface area contributed by atoms with Crippen LogP contribution in [0.4, 0.5) is 11.6 Å². The van der Waals surface area contributed by atoms with Crippen LogP contribution >= 0.6 is 23.2 Å². The number of anilines is 2. The molecule has 0 spiro atoms. The number of halogens is 2. The van der Waals surface area contributed by atoms with Crippen molar-refractivity contribution in [1.82, 2.24) is 4.98 Å². The lowest BCUT2D eigenvalue weighted by molar-refractivity contribution is 0.138. The second kappa shape index (κ2) is 5.29. The molecule has 2 rings (SSSR count). The van der Waals surface area contributed by atoms with Gasteiger partial charge in [0, 0.05) is 12.5 Å². The van der Waals surface area contributed by atoms with Gasteiger partial charge in [-0.1, -0.05) is 29.6 Å². The van der Waals surface area contributed by atoms with Crippen molar-refractivity contribution in [3.63, 3.8) is 0 Å². The Morgan fingerprint density at radius 1 is 1.41 bits per heavy atom. The van der Waals surface area contributed by atoms with E-state index in [4.69, 9.17) is 28.9 Å². The quantitative estimate of drug-likeness (QED) is 0.793. The van der Waals surface area contributed by atoms with E-state index in [9.17, 15) is 5.11 Å². The fraction of sp³-hybridized carbons (Fsp3) is 0.545. The second-order valence-corrected chi connectivity index (χ2v) is 5.14. The van der Waals surface area contributed by atoms with Crippen molar-refractivity contribution >= 4 is 34.8 Å². The molecule has 0 aromatic carbocycles. The van der Waals surface area contributed by atoms with Crippen molar-refractivity contribution in [1.29, 1.82) is 0 Å². The Bertz CT molecular complexity index is 414. The summed E-state index contributed by atoms with van der Waals surface area (Å²) in [5.74, 6) is 1.03. The number of aliphatic hydroxyl groups excluding tert-OH is 1. The van der Waals surface area contributed by atoms with Gasteiger partial charge in [-0.15, -0.1) is 0 Å². The van der Waals surface area contributed by atoms with E-state index in [-0.39, 0.29) is 17.8 Å². The van der Waals surface area contributed by atoms with Gasteiger partial charge in [-0.25, -0.2) is 4.98 Å². The van der Waals surface area contributed by atoms with Gasteiger partial charge in [0.15, 0.2) is 0 Å². The van der Waals surface area contributed by atoms with Crippen molar-refractivity contribution in [2.24, 2.45) is 5.92 Å². The summed E-state index contributed by atoms with van der Waals surface area (Å²) in [5.41, 5.74) is 5.61. The highest BCUT2D eigenvalue weighted by molar-refractivity contribution is 6.37. The van der Waals surface area contributed by atoms with Crippen LogP contribution in [0.5, 0.6) is 0 Å². The first-order chi connectivity index (χ1) is 8.08. The van der Waals surface area contributed by atoms with E-state index < -0.39 is 0 Å². The zero-order chi connectivity index (χ0) is 12.4. The standard InChI is InChI=1S/C11H15Cl2N3O/c12-7-4-8(13)11(16-10(7)14)15-5-6-2-1-3-9(6)17/h4,6,9,17H,1-3,5H2,(H3,14,15,16). The molecule has 0 radical (unpaired) electrons. The number of hydrogen-bond acceptors (Lipinski definition) is 4. The number of hydrogen-bond donors (Lipinski definition) is 3. The van der Waals surface area contributed by atoms with Gasteiger partial charge < -0.3 is 16.2 Å². The van der Waals surface area contributed by atoms with Crippen LogP contribution in [0.2, 0.25) is 10.0 Å². The summed E-state index contributed by atoms with van der Waals surface area (Å²) < 4.78 is 0. The van der Waals surface area contributed by atoms with Gasteiger partial charge in [-0.05, 0) is 18.9 Å². The molecular formula is C11H15Cl2N3O. The van der Waals surface area contributed by atoms with Crippen LogP contribution in [0, 0.1) is 5.92 Å². The fourth-order valence-electron chi connectivity index (χ4n) is 2.09. The zero-order valence-corrected chi connectivity index (χ0v) is 10.8. The van der Waals surface area contributed by atoms with Crippen LogP contribution in [0.15, 0.2) is 6.07 Å². The normalized spacial score (nSPS) is 23.9. The minimum absolute atomic E-state index is 0.231. The highest BCUT2D eigenvalue weighted by Crippen LogP contribution is 2.29. The highest BCUT2D eigenvalue weighted by atomic mass is 35.5. The van der Waals surface area contributed by atoms with E-state index in [1.807, 2.05) is 0 Å². The Hall–Kier alpha value is -0.710. The predicted molar refractivity (Wildman–Crippen MR) is 70.5 cm³/mol. The van der Waals surface area contributed by atoms with Crippen LogP contribution in [0.25, 0.3) is 0 Å². The molecule has 1 aromatic rings. The number of rotatable bonds is 3. The molecule has 0 bridgehead atoms. The maximum Gasteiger partial charge on any atom is 0.147 e. The molecule has 4 nitrogen and oxygen atoms in total. The molecule has 1 heterocycles. The summed E-state index contributed by atoms with van der Waals surface area (Å²) in [6, 6.07) is 1.57. The van der Waals surface area contributed by atoms with E-state index in [0.717, 1.165) is 19.3 Å². The lowest BCUT2D eigenvalue weighted by Crippen LogP contribution is -2.22. The smallest absolute Gasteiger partial charge is 0.147 e. The average Bonchev–Trinajstić information content (AvgIpc) is 2.68. The zero-order valence-electron chi connectivity index (χ0n) is 9.29. The summed E-state index contributed by atoms with van der Waals surface area (Å²) in [6.45, 7) is 0.648. The number of aromatic nitrogens is 1. The van der Waals surface area contributed by atoms with Crippen molar-refractivity contribution in [2.75, 3.05) is 17.6 Å². The third-order valence-electron chi connectivity index (χ3n) is 3.11. The van der Waals surface area contributed by atoms with Crippen molar-refractivity contribution in [2.45, 2.75) is 25.4 Å². The number of pyridine rings is 1. The van der Waals surface area contributed by atoms with Crippen molar-refractivity contribution < 1.29 is 5.11 Å². The third-order valence-corrected chi connectivity index (χ3v) is 3.70. The first-order valence-electron chi connectivity index (χ1n) is 5.61. The molecule has 1 saturated carbocycles. The minimum atomic E-state index is -0.231. The maximum absolute atomic E-state index is 9.70. The van der Waals surface area contributed by atoms with E-state index in [0.29, 0.717) is 22.4 Å². The number of nitrogens with zero attached hydrogens (tertiary/aromatic N) is 1. The number of nitrogen functional groups attached to an aromatic ring is 1. The lowest BCUT2D eigenvalue weighted by atomic mass is 10.1. The molecule has 0 saturated heterocycles. The van der Waals surface area contributed by atoms with E-state index in [1.54, 1.807) is 6.07 Å². The van der Waals surface area contributed by atoms with Gasteiger partial charge in [0.05, 0.1) is 16.1 Å². The van der Waals surface area contributed by atoms with Gasteiger partial charge >= 0.3 is 0 Å². The van der Waals surface area contributed by atoms with E-state index >= 15 is 0 Å². The molecule has 0 amide bonds. The highest BCUT2D eigenvalue weighted by Gasteiger charge is 2.25. The van der Waals surface area contributed by atoms with E-state index in [1.165, 1.54) is 0 Å². The SMILES string of the molecule is Nc1nc(NCC2CCCC2O)c(Cl)cc1Cl. The Balaban J connectivity index is 2.01. The summed E-state index contributed by atoms with van der Waals surface area (Å²) >= 11 is 11.8. The molecule has 1 fully saturated rings. The van der Waals surface area contributed by atoms with Crippen LogP contribution in [0.3, 0.4) is 0 Å². The molecule has 1 aromatic heterocycles. The van der Waals surface area contributed by atoms with Gasteiger partial charge in [0.2, 0.25) is 0 Å². The summed E-state index contributed by atoms with van der Waals surface area (Å²) in [6.07, 6.45) is 2.73. The van der Waals surface area contributed by atoms with Crippen LogP contribution in [-0.4, -0.2) is 22.7 Å². The number of aliphatic hydroxyl groups is 1. The Kier molecular flexibility index (Phi) is 3.97. The first kappa shape index (κ1) is 12.7. The Morgan fingerprint density at radius 3 is 2.82 bits per heavy atom. The molecule has 17 heavy (non-hydrogen) atoms. The predicted octanol–water partition coefficient (Wildman–Crippen LogP) is 2.54. The molecule has 1 aliphatic rings. The van der Waals surface area contributed by atoms with Gasteiger partial charge in [-0.2, -0.15) is 0 Å². The molecule has 1 aliphatic carbocycles. The van der Waals surface area contributed by atoms with Gasteiger partial charge in [0.1, 0.15) is 11.6 Å². The monoisotopic (exact) mass is 275 g/mol. The third kappa shape index (κ3) is 2.94. The second-order valence-electron chi connectivity index (χ2n) is 4.33. The Morgan fingerprint density at radius 2 is 2.18 bits per heavy atom. The molecule has 4 N–H and O–H groups in total. The largest absolute Gasteiger partial charge is 0.393 e. The van der Waals surface area contributed by atoms with Crippen LogP contribution < -0.4 is 11.1 Å². The summed E-state index contributed by atoms with van der Waals surface area (Å²) in [4.78, 5) is 4.08. The molecular weight excluding hydrogens is 261 g/mol. The topological polar surface area (TPSA) is 71.2 Å². The van der Waals surface area contributed by atoms with E-state index in [2.05, 4.69) is 10.3 Å². The number of nitrogens with one attached hydrogen (secondary N) is 1. The van der Waals surface area contributed by atoms with Crippen molar-refractivity contribution in [3.05, 3.63) is 16.1 Å². The summed E-state index contributed by atoms with van der Waals surface area (Å²) in [5, 5.41) is 13.6. The van der Waals surface area contributed by atoms with Gasteiger partial charge in [0.25, 0.3) is 0 Å². The van der Waals surface area contributed by atoms with Crippen LogP contribution in [0.1, 0.15) is 19.3 Å². The fourth-order valence-corrected chi connectivity index (χ4v) is 2.51. The van der Waals surface area contributed by atoms with Gasteiger partial charge in [-0.3, -0.25) is 0 Å². The molecule has 2 unspecified atom stereocenters. The lowest BCUT2D eigenvalue weighted by Gasteiger charge is -2.16. The Labute approximate surface area is 110 Å². The summed E-state index contributed by atoms with van der Waals surface area (Å²) in [7, 11) is 0. The number of nitrogens with two attached hydrogens (primary N) is 1. The molecule has 2 atom stereocenters. The molecule has 6 heteroatoms.